The van der Waals surface area contributed by atoms with Gasteiger partial charge in [-0.25, -0.2) is 0 Å². The summed E-state index contributed by atoms with van der Waals surface area (Å²) in [6.07, 6.45) is 2.01. The number of carbonyl (C=O) groups is 1. The van der Waals surface area contributed by atoms with Crippen molar-refractivity contribution in [2.75, 3.05) is 11.9 Å². The monoisotopic (exact) mass is 365 g/mol. The van der Waals surface area contributed by atoms with Crippen molar-refractivity contribution in [2.24, 2.45) is 5.41 Å². The molecular formula is C14H18BrCl2NO. The van der Waals surface area contributed by atoms with Gasteiger partial charge in [0.1, 0.15) is 0 Å². The van der Waals surface area contributed by atoms with Gasteiger partial charge in [-0.1, -0.05) is 53.0 Å². The van der Waals surface area contributed by atoms with Crippen LogP contribution in [0.4, 0.5) is 0 Å². The highest BCUT2D eigenvalue weighted by molar-refractivity contribution is 9.09. The van der Waals surface area contributed by atoms with Gasteiger partial charge < -0.3 is 5.32 Å². The zero-order valence-corrected chi connectivity index (χ0v) is 14.2. The Kier molecular flexibility index (Phi) is 6.64. The highest BCUT2D eigenvalue weighted by atomic mass is 79.9. The zero-order chi connectivity index (χ0) is 14.5. The number of nitrogens with one attached hydrogen (secondary N) is 1. The molecule has 0 aromatic heterocycles. The smallest absolute Gasteiger partial charge is 0.252 e. The number of rotatable bonds is 6. The number of amides is 1. The van der Waals surface area contributed by atoms with Gasteiger partial charge in [0.25, 0.3) is 5.91 Å². The number of alkyl halides is 1. The summed E-state index contributed by atoms with van der Waals surface area (Å²) in [6, 6.07) is 4.89. The van der Waals surface area contributed by atoms with Crippen molar-refractivity contribution in [2.45, 2.75) is 26.7 Å². The number of halogens is 3. The molecule has 0 aliphatic heterocycles. The highest BCUT2D eigenvalue weighted by Crippen LogP contribution is 2.28. The van der Waals surface area contributed by atoms with E-state index in [0.29, 0.717) is 22.2 Å². The Labute approximate surface area is 133 Å². The van der Waals surface area contributed by atoms with Crippen LogP contribution in [-0.2, 0) is 0 Å². The molecule has 0 bridgehead atoms. The highest BCUT2D eigenvalue weighted by Gasteiger charge is 2.25. The number of hydrogen-bond acceptors (Lipinski definition) is 1. The Bertz CT molecular complexity index is 439. The molecule has 0 unspecified atom stereocenters. The average molecular weight is 367 g/mol. The van der Waals surface area contributed by atoms with Crippen LogP contribution in [0.25, 0.3) is 0 Å². The van der Waals surface area contributed by atoms with E-state index in [1.54, 1.807) is 18.2 Å². The minimum absolute atomic E-state index is 0.0918. The fraction of sp³-hybridized carbons (Fsp3) is 0.500. The van der Waals surface area contributed by atoms with Gasteiger partial charge in [-0.3, -0.25) is 4.79 Å². The number of carbonyl (C=O) groups excluding carboxylic acids is 1. The Balaban J connectivity index is 2.75. The van der Waals surface area contributed by atoms with Crippen LogP contribution in [0.3, 0.4) is 0 Å². The summed E-state index contributed by atoms with van der Waals surface area (Å²) in [5.74, 6) is -0.158. The molecule has 106 valence electrons. The predicted molar refractivity (Wildman–Crippen MR) is 85.6 cm³/mol. The SMILES string of the molecule is CCC(CC)(CBr)CNC(=O)c1ccc(Cl)cc1Cl. The fourth-order valence-electron chi connectivity index (χ4n) is 1.77. The third-order valence-corrected chi connectivity index (χ3v) is 5.32. The van der Waals surface area contributed by atoms with Crippen LogP contribution in [0.2, 0.25) is 10.0 Å². The molecule has 0 spiro atoms. The van der Waals surface area contributed by atoms with Gasteiger partial charge in [0.05, 0.1) is 10.6 Å². The molecule has 2 nitrogen and oxygen atoms in total. The first-order valence-corrected chi connectivity index (χ1v) is 8.15. The van der Waals surface area contributed by atoms with Crippen LogP contribution in [0.5, 0.6) is 0 Å². The molecule has 0 heterocycles. The quantitative estimate of drug-likeness (QED) is 0.711. The molecule has 19 heavy (non-hydrogen) atoms. The molecule has 0 saturated heterocycles. The first-order chi connectivity index (χ1) is 8.98. The van der Waals surface area contributed by atoms with Crippen LogP contribution in [-0.4, -0.2) is 17.8 Å². The zero-order valence-electron chi connectivity index (χ0n) is 11.1. The molecule has 1 amide bonds. The Morgan fingerprint density at radius 1 is 1.32 bits per heavy atom. The Morgan fingerprint density at radius 3 is 2.42 bits per heavy atom. The molecule has 0 atom stereocenters. The Hall–Kier alpha value is -0.250. The lowest BCUT2D eigenvalue weighted by Crippen LogP contribution is -2.38. The minimum Gasteiger partial charge on any atom is -0.351 e. The summed E-state index contributed by atoms with van der Waals surface area (Å²) < 4.78 is 0. The summed E-state index contributed by atoms with van der Waals surface area (Å²) in [4.78, 5) is 12.1. The predicted octanol–water partition coefficient (Wildman–Crippen LogP) is 4.92. The summed E-state index contributed by atoms with van der Waals surface area (Å²) in [5.41, 5.74) is 0.552. The van der Waals surface area contributed by atoms with Crippen molar-refractivity contribution >= 4 is 45.0 Å². The molecule has 0 fully saturated rings. The van der Waals surface area contributed by atoms with Crippen molar-refractivity contribution in [3.63, 3.8) is 0 Å². The van der Waals surface area contributed by atoms with Crippen LogP contribution >= 0.6 is 39.1 Å². The van der Waals surface area contributed by atoms with E-state index in [0.717, 1.165) is 18.2 Å². The van der Waals surface area contributed by atoms with Gasteiger partial charge >= 0.3 is 0 Å². The van der Waals surface area contributed by atoms with E-state index in [4.69, 9.17) is 23.2 Å². The lowest BCUT2D eigenvalue weighted by molar-refractivity contribution is 0.0932. The topological polar surface area (TPSA) is 29.1 Å². The van der Waals surface area contributed by atoms with E-state index < -0.39 is 0 Å². The van der Waals surface area contributed by atoms with Crippen molar-refractivity contribution in [1.29, 1.82) is 0 Å². The lowest BCUT2D eigenvalue weighted by Gasteiger charge is -2.29. The van der Waals surface area contributed by atoms with Gasteiger partial charge in [-0.2, -0.15) is 0 Å². The first kappa shape index (κ1) is 16.8. The van der Waals surface area contributed by atoms with E-state index in [9.17, 15) is 4.79 Å². The van der Waals surface area contributed by atoms with Gasteiger partial charge in [0.15, 0.2) is 0 Å². The number of benzene rings is 1. The summed E-state index contributed by atoms with van der Waals surface area (Å²) in [7, 11) is 0. The van der Waals surface area contributed by atoms with E-state index in [1.165, 1.54) is 0 Å². The maximum Gasteiger partial charge on any atom is 0.252 e. The van der Waals surface area contributed by atoms with E-state index in [1.807, 2.05) is 0 Å². The second-order valence-corrected chi connectivity index (χ2v) is 6.05. The summed E-state index contributed by atoms with van der Waals surface area (Å²) >= 11 is 15.4. The molecule has 0 radical (unpaired) electrons. The lowest BCUT2D eigenvalue weighted by atomic mass is 9.84. The van der Waals surface area contributed by atoms with Crippen molar-refractivity contribution in [3.05, 3.63) is 33.8 Å². The molecular weight excluding hydrogens is 349 g/mol. The van der Waals surface area contributed by atoms with E-state index in [-0.39, 0.29) is 11.3 Å². The maximum absolute atomic E-state index is 12.1. The average Bonchev–Trinajstić information content (AvgIpc) is 2.40. The van der Waals surface area contributed by atoms with E-state index >= 15 is 0 Å². The van der Waals surface area contributed by atoms with Gasteiger partial charge in [-0.05, 0) is 36.5 Å². The molecule has 0 aliphatic carbocycles. The Morgan fingerprint density at radius 2 is 1.95 bits per heavy atom. The minimum atomic E-state index is -0.158. The summed E-state index contributed by atoms with van der Waals surface area (Å²) in [6.45, 7) is 4.89. The van der Waals surface area contributed by atoms with E-state index in [2.05, 4.69) is 35.1 Å². The van der Waals surface area contributed by atoms with Crippen LogP contribution in [0.15, 0.2) is 18.2 Å². The standard InChI is InChI=1S/C14H18BrCl2NO/c1-3-14(4-2,8-15)9-18-13(19)11-6-5-10(16)7-12(11)17/h5-7H,3-4,8-9H2,1-2H3,(H,18,19). The molecule has 1 rings (SSSR count). The number of hydrogen-bond donors (Lipinski definition) is 1. The molecule has 5 heteroatoms. The maximum atomic E-state index is 12.1. The van der Waals surface area contributed by atoms with Gasteiger partial charge in [0.2, 0.25) is 0 Å². The van der Waals surface area contributed by atoms with Crippen molar-refractivity contribution in [3.8, 4) is 0 Å². The first-order valence-electron chi connectivity index (χ1n) is 6.27. The summed E-state index contributed by atoms with van der Waals surface area (Å²) in [5, 5.41) is 4.72. The molecule has 1 aromatic rings. The normalized spacial score (nSPS) is 11.4. The molecule has 1 aromatic carbocycles. The van der Waals surface area contributed by atoms with Crippen LogP contribution < -0.4 is 5.32 Å². The van der Waals surface area contributed by atoms with Crippen LogP contribution in [0.1, 0.15) is 37.0 Å². The van der Waals surface area contributed by atoms with Crippen molar-refractivity contribution < 1.29 is 4.79 Å². The molecule has 0 saturated carbocycles. The molecule has 0 aliphatic rings. The second kappa shape index (κ2) is 7.51. The van der Waals surface area contributed by atoms with Gasteiger partial charge in [0, 0.05) is 16.9 Å². The third-order valence-electron chi connectivity index (χ3n) is 3.58. The fourth-order valence-corrected chi connectivity index (χ4v) is 3.26. The second-order valence-electron chi connectivity index (χ2n) is 4.65. The van der Waals surface area contributed by atoms with Crippen LogP contribution in [0, 0.1) is 5.41 Å². The molecule has 1 N–H and O–H groups in total. The third kappa shape index (κ3) is 4.37. The van der Waals surface area contributed by atoms with Gasteiger partial charge in [-0.15, -0.1) is 0 Å². The largest absolute Gasteiger partial charge is 0.351 e. The van der Waals surface area contributed by atoms with Crippen molar-refractivity contribution in [1.82, 2.24) is 5.32 Å².